The van der Waals surface area contributed by atoms with E-state index in [2.05, 4.69) is 41.4 Å². The van der Waals surface area contributed by atoms with Crippen molar-refractivity contribution in [2.24, 2.45) is 0 Å². The topological polar surface area (TPSA) is 15.3 Å². The van der Waals surface area contributed by atoms with Crippen LogP contribution in [0.15, 0.2) is 24.3 Å². The summed E-state index contributed by atoms with van der Waals surface area (Å²) in [5.74, 6) is 0. The van der Waals surface area contributed by atoms with E-state index < -0.39 is 0 Å². The average molecular weight is 206 g/mol. The van der Waals surface area contributed by atoms with Crippen LogP contribution in [-0.2, 0) is 6.42 Å². The van der Waals surface area contributed by atoms with E-state index in [0.29, 0.717) is 0 Å². The maximum absolute atomic E-state index is 5.30. The molecule has 1 aromatic carbocycles. The van der Waals surface area contributed by atoms with Crippen LogP contribution in [0.1, 0.15) is 12.5 Å². The molecule has 74 valence electrons. The van der Waals surface area contributed by atoms with Crippen molar-refractivity contribution in [1.29, 1.82) is 0 Å². The van der Waals surface area contributed by atoms with Crippen LogP contribution in [-0.4, -0.2) is 18.2 Å². The molecule has 1 aliphatic rings. The Balaban J connectivity index is 2.21. The van der Waals surface area contributed by atoms with Gasteiger partial charge in [0.05, 0.1) is 0 Å². The number of thiocarbonyl (C=S) groups is 1. The Labute approximate surface area is 89.9 Å². The third-order valence-electron chi connectivity index (χ3n) is 2.46. The number of rotatable bonds is 1. The number of benzene rings is 1. The molecule has 0 amide bonds. The van der Waals surface area contributed by atoms with Gasteiger partial charge in [0, 0.05) is 18.8 Å². The van der Waals surface area contributed by atoms with Crippen LogP contribution in [0.2, 0.25) is 0 Å². The summed E-state index contributed by atoms with van der Waals surface area (Å²) in [7, 11) is 0. The van der Waals surface area contributed by atoms with Crippen LogP contribution < -0.4 is 10.2 Å². The van der Waals surface area contributed by atoms with Gasteiger partial charge in [-0.2, -0.15) is 0 Å². The normalized spacial score (nSPS) is 13.9. The third-order valence-corrected chi connectivity index (χ3v) is 2.83. The molecule has 0 bridgehead atoms. The second-order valence-corrected chi connectivity index (χ2v) is 3.75. The van der Waals surface area contributed by atoms with Gasteiger partial charge in [-0.05, 0) is 37.2 Å². The Bertz CT molecular complexity index is 349. The van der Waals surface area contributed by atoms with Gasteiger partial charge in [-0.1, -0.05) is 18.2 Å². The van der Waals surface area contributed by atoms with Gasteiger partial charge < -0.3 is 10.2 Å². The molecule has 3 heteroatoms. The highest BCUT2D eigenvalue weighted by atomic mass is 32.1. The van der Waals surface area contributed by atoms with E-state index >= 15 is 0 Å². The highest BCUT2D eigenvalue weighted by molar-refractivity contribution is 7.80. The van der Waals surface area contributed by atoms with Crippen LogP contribution in [0.4, 0.5) is 5.69 Å². The largest absolute Gasteiger partial charge is 0.363 e. The molecule has 0 aliphatic carbocycles. The second kappa shape index (κ2) is 3.96. The van der Waals surface area contributed by atoms with E-state index in [0.717, 1.165) is 24.6 Å². The number of anilines is 1. The lowest BCUT2D eigenvalue weighted by Gasteiger charge is -2.20. The minimum Gasteiger partial charge on any atom is -0.363 e. The number of hydrogen-bond donors (Lipinski definition) is 1. The number of nitrogens with one attached hydrogen (secondary N) is 1. The molecule has 0 saturated heterocycles. The van der Waals surface area contributed by atoms with Gasteiger partial charge in [0.15, 0.2) is 5.11 Å². The summed E-state index contributed by atoms with van der Waals surface area (Å²) < 4.78 is 0. The Morgan fingerprint density at radius 1 is 1.50 bits per heavy atom. The van der Waals surface area contributed by atoms with Crippen LogP contribution >= 0.6 is 12.2 Å². The Hall–Kier alpha value is -1.09. The van der Waals surface area contributed by atoms with Gasteiger partial charge in [0.1, 0.15) is 0 Å². The zero-order chi connectivity index (χ0) is 9.97. The first-order chi connectivity index (χ1) is 6.83. The Morgan fingerprint density at radius 2 is 2.29 bits per heavy atom. The predicted octanol–water partition coefficient (Wildman–Crippen LogP) is 1.94. The monoisotopic (exact) mass is 206 g/mol. The van der Waals surface area contributed by atoms with E-state index in [4.69, 9.17) is 12.2 Å². The first kappa shape index (κ1) is 9.46. The highest BCUT2D eigenvalue weighted by Crippen LogP contribution is 2.27. The van der Waals surface area contributed by atoms with Crippen molar-refractivity contribution in [1.82, 2.24) is 5.32 Å². The van der Waals surface area contributed by atoms with E-state index in [-0.39, 0.29) is 0 Å². The summed E-state index contributed by atoms with van der Waals surface area (Å²) in [5.41, 5.74) is 2.66. The first-order valence-electron chi connectivity index (χ1n) is 4.96. The second-order valence-electron chi connectivity index (χ2n) is 3.37. The van der Waals surface area contributed by atoms with Crippen molar-refractivity contribution < 1.29 is 0 Å². The molecule has 0 radical (unpaired) electrons. The zero-order valence-electron chi connectivity index (χ0n) is 8.29. The van der Waals surface area contributed by atoms with Crippen molar-refractivity contribution in [3.05, 3.63) is 29.8 Å². The lowest BCUT2D eigenvalue weighted by atomic mass is 10.2. The SMILES string of the molecule is CCNC(=S)N1CCc2ccccc21. The van der Waals surface area contributed by atoms with Crippen molar-refractivity contribution in [3.8, 4) is 0 Å². The third kappa shape index (κ3) is 1.60. The molecule has 0 atom stereocenters. The minimum atomic E-state index is 0.845. The fraction of sp³-hybridized carbons (Fsp3) is 0.364. The van der Waals surface area contributed by atoms with Crippen molar-refractivity contribution in [2.45, 2.75) is 13.3 Å². The summed E-state index contributed by atoms with van der Waals surface area (Å²) >= 11 is 5.30. The highest BCUT2D eigenvalue weighted by Gasteiger charge is 2.20. The number of hydrogen-bond acceptors (Lipinski definition) is 1. The number of fused-ring (bicyclic) bond motifs is 1. The van der Waals surface area contributed by atoms with Gasteiger partial charge in [0.25, 0.3) is 0 Å². The molecule has 0 aromatic heterocycles. The van der Waals surface area contributed by atoms with Gasteiger partial charge in [0.2, 0.25) is 0 Å². The first-order valence-corrected chi connectivity index (χ1v) is 5.37. The van der Waals surface area contributed by atoms with E-state index in [1.807, 2.05) is 0 Å². The van der Waals surface area contributed by atoms with Gasteiger partial charge in [-0.25, -0.2) is 0 Å². The molecule has 0 spiro atoms. The maximum Gasteiger partial charge on any atom is 0.173 e. The van der Waals surface area contributed by atoms with Crippen molar-refractivity contribution in [2.75, 3.05) is 18.0 Å². The fourth-order valence-corrected chi connectivity index (χ4v) is 2.13. The van der Waals surface area contributed by atoms with Crippen LogP contribution in [0.3, 0.4) is 0 Å². The molecule has 0 saturated carbocycles. The molecule has 2 rings (SSSR count). The number of para-hydroxylation sites is 1. The average Bonchev–Trinajstić information content (AvgIpc) is 2.61. The van der Waals surface area contributed by atoms with Crippen LogP contribution in [0, 0.1) is 0 Å². The summed E-state index contributed by atoms with van der Waals surface area (Å²) in [6.07, 6.45) is 1.10. The standard InChI is InChI=1S/C11H14N2S/c1-2-12-11(14)13-8-7-9-5-3-4-6-10(9)13/h3-6H,2,7-8H2,1H3,(H,12,14). The summed E-state index contributed by atoms with van der Waals surface area (Å²) in [5, 5.41) is 4.03. The van der Waals surface area contributed by atoms with Gasteiger partial charge in [-0.15, -0.1) is 0 Å². The quantitative estimate of drug-likeness (QED) is 0.707. The molecule has 0 unspecified atom stereocenters. The molecule has 1 aromatic rings. The lowest BCUT2D eigenvalue weighted by Crippen LogP contribution is -2.38. The summed E-state index contributed by atoms with van der Waals surface area (Å²) in [4.78, 5) is 2.17. The van der Waals surface area contributed by atoms with E-state index in [9.17, 15) is 0 Å². The fourth-order valence-electron chi connectivity index (χ4n) is 1.80. The molecule has 1 aliphatic heterocycles. The predicted molar refractivity (Wildman–Crippen MR) is 63.8 cm³/mol. The molecular weight excluding hydrogens is 192 g/mol. The smallest absolute Gasteiger partial charge is 0.173 e. The van der Waals surface area contributed by atoms with Crippen LogP contribution in [0.5, 0.6) is 0 Å². The van der Waals surface area contributed by atoms with Crippen molar-refractivity contribution >= 4 is 23.0 Å². The molecule has 1 N–H and O–H groups in total. The molecule has 0 fully saturated rings. The summed E-state index contributed by atoms with van der Waals surface area (Å²) in [6.45, 7) is 3.96. The Kier molecular flexibility index (Phi) is 2.68. The van der Waals surface area contributed by atoms with E-state index in [1.165, 1.54) is 11.3 Å². The van der Waals surface area contributed by atoms with E-state index in [1.54, 1.807) is 0 Å². The number of nitrogens with zero attached hydrogens (tertiary/aromatic N) is 1. The minimum absolute atomic E-state index is 0.845. The molecular formula is C11H14N2S. The lowest BCUT2D eigenvalue weighted by molar-refractivity contribution is 0.927. The van der Waals surface area contributed by atoms with Crippen LogP contribution in [0.25, 0.3) is 0 Å². The van der Waals surface area contributed by atoms with Gasteiger partial charge in [-0.3, -0.25) is 0 Å². The van der Waals surface area contributed by atoms with Gasteiger partial charge >= 0.3 is 0 Å². The zero-order valence-corrected chi connectivity index (χ0v) is 9.10. The Morgan fingerprint density at radius 3 is 3.07 bits per heavy atom. The molecule has 14 heavy (non-hydrogen) atoms. The summed E-state index contributed by atoms with van der Waals surface area (Å²) in [6, 6.07) is 8.44. The maximum atomic E-state index is 5.30. The molecule has 1 heterocycles. The molecule has 2 nitrogen and oxygen atoms in total. The van der Waals surface area contributed by atoms with Crippen molar-refractivity contribution in [3.63, 3.8) is 0 Å².